The van der Waals surface area contributed by atoms with E-state index in [2.05, 4.69) is 10.1 Å². The smallest absolute Gasteiger partial charge is 0.337 e. The number of anilines is 1. The van der Waals surface area contributed by atoms with Gasteiger partial charge in [0.15, 0.2) is 0 Å². The molecule has 4 nitrogen and oxygen atoms in total. The Balaban J connectivity index is 1.96. The van der Waals surface area contributed by atoms with E-state index in [0.717, 1.165) is 5.56 Å². The van der Waals surface area contributed by atoms with E-state index in [1.807, 2.05) is 16.8 Å². The molecule has 0 aliphatic rings. The lowest BCUT2D eigenvalue weighted by Gasteiger charge is -2.05. The number of amides is 1. The molecule has 0 aliphatic heterocycles. The van der Waals surface area contributed by atoms with Crippen LogP contribution in [0.5, 0.6) is 0 Å². The molecule has 5 heteroatoms. The van der Waals surface area contributed by atoms with Gasteiger partial charge in [0.05, 0.1) is 19.1 Å². The molecule has 0 fully saturated rings. The van der Waals surface area contributed by atoms with Crippen LogP contribution in [0.2, 0.25) is 0 Å². The van der Waals surface area contributed by atoms with Crippen LogP contribution < -0.4 is 5.32 Å². The van der Waals surface area contributed by atoms with Crippen molar-refractivity contribution in [2.24, 2.45) is 0 Å². The number of nitrogens with one attached hydrogen (secondary N) is 1. The molecule has 2 rings (SSSR count). The fraction of sp³-hybridized carbons (Fsp3) is 0.143. The quantitative estimate of drug-likeness (QED) is 0.873. The van der Waals surface area contributed by atoms with Gasteiger partial charge in [0.25, 0.3) is 0 Å². The molecule has 1 aromatic heterocycles. The average molecular weight is 275 g/mol. The fourth-order valence-electron chi connectivity index (χ4n) is 1.59. The number of methoxy groups -OCH3 is 1. The van der Waals surface area contributed by atoms with Crippen LogP contribution in [0.15, 0.2) is 41.1 Å². The number of ether oxygens (including phenoxy) is 1. The molecule has 0 atom stereocenters. The zero-order chi connectivity index (χ0) is 13.7. The largest absolute Gasteiger partial charge is 0.465 e. The maximum Gasteiger partial charge on any atom is 0.337 e. The lowest BCUT2D eigenvalue weighted by molar-refractivity contribution is -0.115. The van der Waals surface area contributed by atoms with E-state index in [0.29, 0.717) is 17.7 Å². The van der Waals surface area contributed by atoms with Crippen molar-refractivity contribution >= 4 is 28.9 Å². The lowest BCUT2D eigenvalue weighted by atomic mass is 10.2. The SMILES string of the molecule is COC(=O)c1ccc(NC(=O)Cc2ccsc2)cc1. The van der Waals surface area contributed by atoms with Gasteiger partial charge in [-0.15, -0.1) is 0 Å². The second kappa shape index (κ2) is 6.15. The fourth-order valence-corrected chi connectivity index (χ4v) is 2.26. The summed E-state index contributed by atoms with van der Waals surface area (Å²) < 4.78 is 4.60. The Morgan fingerprint density at radius 1 is 1.21 bits per heavy atom. The van der Waals surface area contributed by atoms with Crippen LogP contribution >= 0.6 is 11.3 Å². The Morgan fingerprint density at radius 3 is 2.53 bits per heavy atom. The van der Waals surface area contributed by atoms with Gasteiger partial charge in [-0.1, -0.05) is 0 Å². The summed E-state index contributed by atoms with van der Waals surface area (Å²) >= 11 is 1.56. The predicted molar refractivity (Wildman–Crippen MR) is 74.4 cm³/mol. The predicted octanol–water partition coefficient (Wildman–Crippen LogP) is 2.72. The van der Waals surface area contributed by atoms with E-state index in [-0.39, 0.29) is 5.91 Å². The topological polar surface area (TPSA) is 55.4 Å². The minimum atomic E-state index is -0.392. The molecule has 0 unspecified atom stereocenters. The van der Waals surface area contributed by atoms with Crippen LogP contribution in [0, 0.1) is 0 Å². The molecule has 1 N–H and O–H groups in total. The molecule has 1 aromatic carbocycles. The standard InChI is InChI=1S/C14H13NO3S/c1-18-14(17)11-2-4-12(5-3-11)15-13(16)8-10-6-7-19-9-10/h2-7,9H,8H2,1H3,(H,15,16). The van der Waals surface area contributed by atoms with Gasteiger partial charge in [0.2, 0.25) is 5.91 Å². The minimum absolute atomic E-state index is 0.0794. The maximum atomic E-state index is 11.8. The van der Waals surface area contributed by atoms with Gasteiger partial charge >= 0.3 is 5.97 Å². The Kier molecular flexibility index (Phi) is 4.30. The Morgan fingerprint density at radius 2 is 1.95 bits per heavy atom. The number of carbonyl (C=O) groups excluding carboxylic acids is 2. The van der Waals surface area contributed by atoms with Crippen molar-refractivity contribution in [1.29, 1.82) is 0 Å². The van der Waals surface area contributed by atoms with Crippen LogP contribution in [-0.4, -0.2) is 19.0 Å². The first kappa shape index (κ1) is 13.3. The van der Waals surface area contributed by atoms with Gasteiger partial charge in [-0.3, -0.25) is 4.79 Å². The summed E-state index contributed by atoms with van der Waals surface area (Å²) in [5.74, 6) is -0.472. The molecule has 0 aliphatic carbocycles. The van der Waals surface area contributed by atoms with Gasteiger partial charge < -0.3 is 10.1 Å². The normalized spacial score (nSPS) is 9.95. The first-order valence-corrected chi connectivity index (χ1v) is 6.62. The minimum Gasteiger partial charge on any atom is -0.465 e. The summed E-state index contributed by atoms with van der Waals surface area (Å²) in [5, 5.41) is 6.66. The van der Waals surface area contributed by atoms with Crippen molar-refractivity contribution in [1.82, 2.24) is 0 Å². The van der Waals surface area contributed by atoms with E-state index in [9.17, 15) is 9.59 Å². The van der Waals surface area contributed by atoms with Crippen LogP contribution in [0.3, 0.4) is 0 Å². The molecule has 2 aromatic rings. The molecule has 19 heavy (non-hydrogen) atoms. The first-order chi connectivity index (χ1) is 9.19. The third-order valence-electron chi connectivity index (χ3n) is 2.53. The van der Waals surface area contributed by atoms with Crippen LogP contribution in [0.1, 0.15) is 15.9 Å². The number of benzene rings is 1. The van der Waals surface area contributed by atoms with Gasteiger partial charge in [0, 0.05) is 5.69 Å². The Hall–Kier alpha value is -2.14. The number of hydrogen-bond acceptors (Lipinski definition) is 4. The number of rotatable bonds is 4. The number of carbonyl (C=O) groups is 2. The van der Waals surface area contributed by atoms with Gasteiger partial charge in [-0.25, -0.2) is 4.79 Å². The number of thiophene rings is 1. The van der Waals surface area contributed by atoms with Crippen molar-refractivity contribution in [2.45, 2.75) is 6.42 Å². The highest BCUT2D eigenvalue weighted by Gasteiger charge is 2.07. The molecule has 1 heterocycles. The zero-order valence-electron chi connectivity index (χ0n) is 10.4. The summed E-state index contributed by atoms with van der Waals surface area (Å²) in [4.78, 5) is 23.0. The molecule has 1 amide bonds. The van der Waals surface area contributed by atoms with Crippen LogP contribution in [-0.2, 0) is 16.0 Å². The van der Waals surface area contributed by atoms with E-state index in [4.69, 9.17) is 0 Å². The average Bonchev–Trinajstić information content (AvgIpc) is 2.91. The molecular formula is C14H13NO3S. The summed E-state index contributed by atoms with van der Waals surface area (Å²) in [6, 6.07) is 8.51. The third-order valence-corrected chi connectivity index (χ3v) is 3.27. The van der Waals surface area contributed by atoms with E-state index in [1.54, 1.807) is 35.6 Å². The van der Waals surface area contributed by atoms with E-state index >= 15 is 0 Å². The highest BCUT2D eigenvalue weighted by Crippen LogP contribution is 2.12. The lowest BCUT2D eigenvalue weighted by Crippen LogP contribution is -2.14. The maximum absolute atomic E-state index is 11.8. The molecule has 0 spiro atoms. The van der Waals surface area contributed by atoms with Gasteiger partial charge in [-0.05, 0) is 46.7 Å². The Labute approximate surface area is 115 Å². The third kappa shape index (κ3) is 3.66. The molecule has 98 valence electrons. The van der Waals surface area contributed by atoms with Gasteiger partial charge in [-0.2, -0.15) is 11.3 Å². The monoisotopic (exact) mass is 275 g/mol. The van der Waals surface area contributed by atoms with Crippen molar-refractivity contribution in [3.8, 4) is 0 Å². The van der Waals surface area contributed by atoms with Gasteiger partial charge in [0.1, 0.15) is 0 Å². The number of esters is 1. The van der Waals surface area contributed by atoms with Crippen molar-refractivity contribution in [3.63, 3.8) is 0 Å². The van der Waals surface area contributed by atoms with E-state index < -0.39 is 5.97 Å². The number of hydrogen-bond donors (Lipinski definition) is 1. The van der Waals surface area contributed by atoms with Crippen molar-refractivity contribution in [3.05, 3.63) is 52.2 Å². The van der Waals surface area contributed by atoms with E-state index in [1.165, 1.54) is 7.11 Å². The molecule has 0 saturated heterocycles. The van der Waals surface area contributed by atoms with Crippen molar-refractivity contribution < 1.29 is 14.3 Å². The van der Waals surface area contributed by atoms with Crippen LogP contribution in [0.25, 0.3) is 0 Å². The van der Waals surface area contributed by atoms with Crippen molar-refractivity contribution in [2.75, 3.05) is 12.4 Å². The summed E-state index contributed by atoms with van der Waals surface area (Å²) in [6.45, 7) is 0. The first-order valence-electron chi connectivity index (χ1n) is 5.68. The highest BCUT2D eigenvalue weighted by molar-refractivity contribution is 7.08. The molecule has 0 radical (unpaired) electrons. The second-order valence-corrected chi connectivity index (χ2v) is 4.71. The molecule has 0 bridgehead atoms. The summed E-state index contributed by atoms with van der Waals surface area (Å²) in [5.41, 5.74) is 2.11. The molecule has 0 saturated carbocycles. The second-order valence-electron chi connectivity index (χ2n) is 3.93. The summed E-state index contributed by atoms with van der Waals surface area (Å²) in [6.07, 6.45) is 0.349. The summed E-state index contributed by atoms with van der Waals surface area (Å²) in [7, 11) is 1.33. The molecular weight excluding hydrogens is 262 g/mol. The Bertz CT molecular complexity index is 561. The highest BCUT2D eigenvalue weighted by atomic mass is 32.1. The van der Waals surface area contributed by atoms with Crippen LogP contribution in [0.4, 0.5) is 5.69 Å². The zero-order valence-corrected chi connectivity index (χ0v) is 11.2.